The van der Waals surface area contributed by atoms with Crippen LogP contribution in [0.2, 0.25) is 0 Å². The number of carbonyl (C=O) groups is 1. The summed E-state index contributed by atoms with van der Waals surface area (Å²) >= 11 is 0. The van der Waals surface area contributed by atoms with E-state index in [4.69, 9.17) is 10.5 Å². The molecular weight excluding hydrogens is 285 g/mol. The maximum atomic E-state index is 12.8. The highest BCUT2D eigenvalue weighted by Crippen LogP contribution is 2.31. The SMILES string of the molecule is NC1(C(=O)NCc2ccccc2C(F)(F)F)CCOCC1. The number of alkyl halides is 3. The lowest BCUT2D eigenvalue weighted by atomic mass is 9.90. The fourth-order valence-corrected chi connectivity index (χ4v) is 2.27. The van der Waals surface area contributed by atoms with Crippen molar-refractivity contribution in [3.63, 3.8) is 0 Å². The highest BCUT2D eigenvalue weighted by Gasteiger charge is 2.36. The zero-order chi connectivity index (χ0) is 15.5. The standard InChI is InChI=1S/C14H17F3N2O2/c15-14(16,17)11-4-2-1-3-10(11)9-19-12(20)13(18)5-7-21-8-6-13/h1-4H,5-9,18H2,(H,19,20). The second kappa shape index (κ2) is 6.03. The highest BCUT2D eigenvalue weighted by atomic mass is 19.4. The fraction of sp³-hybridized carbons (Fsp3) is 0.500. The van der Waals surface area contributed by atoms with Gasteiger partial charge in [-0.15, -0.1) is 0 Å². The third-order valence-electron chi connectivity index (χ3n) is 3.60. The van der Waals surface area contributed by atoms with Gasteiger partial charge in [-0.3, -0.25) is 4.79 Å². The number of nitrogens with one attached hydrogen (secondary N) is 1. The van der Waals surface area contributed by atoms with Crippen LogP contribution in [0.3, 0.4) is 0 Å². The second-order valence-corrected chi connectivity index (χ2v) is 5.11. The lowest BCUT2D eigenvalue weighted by molar-refractivity contribution is -0.138. The van der Waals surface area contributed by atoms with Gasteiger partial charge in [-0.1, -0.05) is 18.2 Å². The van der Waals surface area contributed by atoms with Gasteiger partial charge in [0.15, 0.2) is 0 Å². The van der Waals surface area contributed by atoms with Crippen molar-refractivity contribution in [1.29, 1.82) is 0 Å². The van der Waals surface area contributed by atoms with Crippen molar-refractivity contribution in [3.8, 4) is 0 Å². The summed E-state index contributed by atoms with van der Waals surface area (Å²) in [6.07, 6.45) is -3.72. The van der Waals surface area contributed by atoms with Gasteiger partial charge in [-0.25, -0.2) is 0 Å². The maximum Gasteiger partial charge on any atom is 0.416 e. The molecule has 1 aromatic rings. The first kappa shape index (κ1) is 15.8. The summed E-state index contributed by atoms with van der Waals surface area (Å²) in [6, 6.07) is 5.16. The van der Waals surface area contributed by atoms with Crippen LogP contribution >= 0.6 is 0 Å². The van der Waals surface area contributed by atoms with Gasteiger partial charge in [0.25, 0.3) is 0 Å². The zero-order valence-electron chi connectivity index (χ0n) is 11.4. The minimum absolute atomic E-state index is 0.0222. The largest absolute Gasteiger partial charge is 0.416 e. The molecule has 4 nitrogen and oxygen atoms in total. The van der Waals surface area contributed by atoms with Gasteiger partial charge in [0.2, 0.25) is 5.91 Å². The van der Waals surface area contributed by atoms with Gasteiger partial charge in [-0.2, -0.15) is 13.2 Å². The second-order valence-electron chi connectivity index (χ2n) is 5.11. The van der Waals surface area contributed by atoms with Crippen LogP contribution in [0.1, 0.15) is 24.0 Å². The normalized spacial score (nSPS) is 18.3. The van der Waals surface area contributed by atoms with Crippen LogP contribution in [0, 0.1) is 0 Å². The molecule has 21 heavy (non-hydrogen) atoms. The molecule has 0 unspecified atom stereocenters. The minimum Gasteiger partial charge on any atom is -0.381 e. The van der Waals surface area contributed by atoms with Crippen molar-refractivity contribution in [2.75, 3.05) is 13.2 Å². The predicted molar refractivity (Wildman–Crippen MR) is 70.3 cm³/mol. The molecule has 116 valence electrons. The number of hydrogen-bond acceptors (Lipinski definition) is 3. The maximum absolute atomic E-state index is 12.8. The number of amides is 1. The van der Waals surface area contributed by atoms with Crippen LogP contribution in [0.25, 0.3) is 0 Å². The summed E-state index contributed by atoms with van der Waals surface area (Å²) in [5.41, 5.74) is 4.19. The molecule has 0 aromatic heterocycles. The first-order valence-corrected chi connectivity index (χ1v) is 6.63. The molecule has 7 heteroatoms. The molecule has 0 bridgehead atoms. The lowest BCUT2D eigenvalue weighted by Crippen LogP contribution is -2.56. The fourth-order valence-electron chi connectivity index (χ4n) is 2.27. The molecule has 1 fully saturated rings. The number of carbonyl (C=O) groups excluding carboxylic acids is 1. The van der Waals surface area contributed by atoms with E-state index in [0.29, 0.717) is 26.1 Å². The molecule has 1 heterocycles. The molecule has 3 N–H and O–H groups in total. The molecule has 0 radical (unpaired) electrons. The van der Waals surface area contributed by atoms with Crippen LogP contribution in [0.5, 0.6) is 0 Å². The van der Waals surface area contributed by atoms with Crippen LogP contribution in [-0.2, 0) is 22.3 Å². The van der Waals surface area contributed by atoms with Gasteiger partial charge in [0.05, 0.1) is 11.1 Å². The third kappa shape index (κ3) is 3.74. The van der Waals surface area contributed by atoms with Crippen molar-refractivity contribution < 1.29 is 22.7 Å². The van der Waals surface area contributed by atoms with E-state index < -0.39 is 23.2 Å². The molecule has 2 rings (SSSR count). The number of hydrogen-bond donors (Lipinski definition) is 2. The van der Waals surface area contributed by atoms with Crippen molar-refractivity contribution in [2.45, 2.75) is 31.1 Å². The van der Waals surface area contributed by atoms with E-state index in [1.165, 1.54) is 18.2 Å². The van der Waals surface area contributed by atoms with Crippen LogP contribution in [0.4, 0.5) is 13.2 Å². The Labute approximate surface area is 120 Å². The number of ether oxygens (including phenoxy) is 1. The summed E-state index contributed by atoms with van der Waals surface area (Å²) in [4.78, 5) is 12.1. The molecule has 1 aliphatic rings. The van der Waals surface area contributed by atoms with Gasteiger partial charge in [0, 0.05) is 19.8 Å². The molecule has 1 aromatic carbocycles. The van der Waals surface area contributed by atoms with E-state index in [1.54, 1.807) is 0 Å². The predicted octanol–water partition coefficient (Wildman–Crippen LogP) is 1.83. The summed E-state index contributed by atoms with van der Waals surface area (Å²) in [6.45, 7) is 0.556. The smallest absolute Gasteiger partial charge is 0.381 e. The Morgan fingerprint density at radius 2 is 1.90 bits per heavy atom. The van der Waals surface area contributed by atoms with Crippen molar-refractivity contribution in [1.82, 2.24) is 5.32 Å². The Morgan fingerprint density at radius 3 is 2.52 bits per heavy atom. The van der Waals surface area contributed by atoms with Gasteiger partial charge in [-0.05, 0) is 24.5 Å². The summed E-state index contributed by atoms with van der Waals surface area (Å²) in [5, 5.41) is 2.50. The van der Waals surface area contributed by atoms with Gasteiger partial charge < -0.3 is 15.8 Å². The zero-order valence-corrected chi connectivity index (χ0v) is 11.4. The quantitative estimate of drug-likeness (QED) is 0.895. The average Bonchev–Trinajstić information content (AvgIpc) is 2.45. The molecule has 0 saturated carbocycles. The average molecular weight is 302 g/mol. The lowest BCUT2D eigenvalue weighted by Gasteiger charge is -2.31. The Kier molecular flexibility index (Phi) is 4.53. The molecule has 1 saturated heterocycles. The summed E-state index contributed by atoms with van der Waals surface area (Å²) in [7, 11) is 0. The van der Waals surface area contributed by atoms with Crippen LogP contribution < -0.4 is 11.1 Å². The van der Waals surface area contributed by atoms with E-state index in [-0.39, 0.29) is 12.1 Å². The Hall–Kier alpha value is -1.60. The van der Waals surface area contributed by atoms with Crippen molar-refractivity contribution >= 4 is 5.91 Å². The first-order valence-electron chi connectivity index (χ1n) is 6.63. The van der Waals surface area contributed by atoms with E-state index in [2.05, 4.69) is 5.32 Å². The van der Waals surface area contributed by atoms with Gasteiger partial charge >= 0.3 is 6.18 Å². The summed E-state index contributed by atoms with van der Waals surface area (Å²) < 4.78 is 43.7. The number of rotatable bonds is 3. The van der Waals surface area contributed by atoms with Crippen molar-refractivity contribution in [3.05, 3.63) is 35.4 Å². The monoisotopic (exact) mass is 302 g/mol. The molecular formula is C14H17F3N2O2. The van der Waals surface area contributed by atoms with Crippen LogP contribution in [-0.4, -0.2) is 24.7 Å². The van der Waals surface area contributed by atoms with E-state index in [0.717, 1.165) is 6.07 Å². The van der Waals surface area contributed by atoms with Crippen molar-refractivity contribution in [2.24, 2.45) is 5.73 Å². The Morgan fingerprint density at radius 1 is 1.29 bits per heavy atom. The molecule has 0 atom stereocenters. The highest BCUT2D eigenvalue weighted by molar-refractivity contribution is 5.86. The van der Waals surface area contributed by atoms with Gasteiger partial charge in [0.1, 0.15) is 0 Å². The Bertz CT molecular complexity index is 511. The Balaban J connectivity index is 2.05. The van der Waals surface area contributed by atoms with E-state index in [9.17, 15) is 18.0 Å². The molecule has 1 amide bonds. The summed E-state index contributed by atoms with van der Waals surface area (Å²) in [5.74, 6) is -0.442. The number of benzene rings is 1. The first-order chi connectivity index (χ1) is 9.83. The third-order valence-corrected chi connectivity index (χ3v) is 3.60. The number of halogens is 3. The minimum atomic E-state index is -4.44. The van der Waals surface area contributed by atoms with E-state index >= 15 is 0 Å². The molecule has 0 aliphatic carbocycles. The number of nitrogens with two attached hydrogens (primary N) is 1. The molecule has 1 aliphatic heterocycles. The molecule has 0 spiro atoms. The van der Waals surface area contributed by atoms with Crippen LogP contribution in [0.15, 0.2) is 24.3 Å². The van der Waals surface area contributed by atoms with E-state index in [1.807, 2.05) is 0 Å². The topological polar surface area (TPSA) is 64.4 Å².